The Hall–Kier alpha value is -0.670. The summed E-state index contributed by atoms with van der Waals surface area (Å²) in [5, 5.41) is 0. The van der Waals surface area contributed by atoms with Crippen molar-refractivity contribution in [3.8, 4) is 0 Å². The zero-order chi connectivity index (χ0) is 9.84. The number of carbonyl (C=O) groups excluding carboxylic acids is 1. The van der Waals surface area contributed by atoms with Crippen molar-refractivity contribution < 1.29 is 4.79 Å². The normalized spacial score (nSPS) is 12.5. The zero-order valence-electron chi connectivity index (χ0n) is 7.46. The fraction of sp³-hybridized carbons (Fsp3) is 0.300. The number of hydrogen-bond donors (Lipinski definition) is 1. The second kappa shape index (κ2) is 4.53. The van der Waals surface area contributed by atoms with E-state index in [0.717, 1.165) is 10.0 Å². The number of rotatable bonds is 3. The van der Waals surface area contributed by atoms with E-state index in [4.69, 9.17) is 5.73 Å². The van der Waals surface area contributed by atoms with Gasteiger partial charge in [-0.05, 0) is 24.6 Å². The van der Waals surface area contributed by atoms with E-state index in [9.17, 15) is 4.79 Å². The van der Waals surface area contributed by atoms with E-state index in [-0.39, 0.29) is 11.8 Å². The van der Waals surface area contributed by atoms with Crippen molar-refractivity contribution in [1.82, 2.24) is 0 Å². The Balaban J connectivity index is 2.69. The predicted octanol–water partition coefficient (Wildman–Crippen LogP) is 1.91. The van der Waals surface area contributed by atoms with Gasteiger partial charge in [-0.3, -0.25) is 4.79 Å². The van der Waals surface area contributed by atoms with E-state index in [1.54, 1.807) is 6.92 Å². The third-order valence-corrected chi connectivity index (χ3v) is 2.27. The third kappa shape index (κ3) is 3.28. The molecule has 70 valence electrons. The molecular formula is C10H12BrNO. The lowest BCUT2D eigenvalue weighted by Gasteiger charge is -2.04. The molecule has 0 saturated heterocycles. The summed E-state index contributed by atoms with van der Waals surface area (Å²) < 4.78 is 0.988. The molecule has 1 rings (SSSR count). The molecule has 2 N–H and O–H groups in total. The molecule has 3 heteroatoms. The average molecular weight is 242 g/mol. The van der Waals surface area contributed by atoms with E-state index in [1.165, 1.54) is 0 Å². The molecular weight excluding hydrogens is 230 g/mol. The monoisotopic (exact) mass is 241 g/mol. The van der Waals surface area contributed by atoms with E-state index in [2.05, 4.69) is 15.9 Å². The van der Waals surface area contributed by atoms with Gasteiger partial charge in [-0.25, -0.2) is 0 Å². The number of carbonyl (C=O) groups is 1. The van der Waals surface area contributed by atoms with Gasteiger partial charge in [0.05, 0.1) is 6.04 Å². The summed E-state index contributed by atoms with van der Waals surface area (Å²) in [5.74, 6) is 0.0677. The molecule has 0 spiro atoms. The van der Waals surface area contributed by atoms with Gasteiger partial charge in [-0.1, -0.05) is 28.1 Å². The predicted molar refractivity (Wildman–Crippen MR) is 56.5 cm³/mol. The number of Topliss-reactive ketones (excluding diaryl/α,β-unsaturated/α-hetero) is 1. The highest BCUT2D eigenvalue weighted by Gasteiger charge is 2.08. The van der Waals surface area contributed by atoms with E-state index < -0.39 is 0 Å². The fourth-order valence-electron chi connectivity index (χ4n) is 1.01. The molecule has 0 aliphatic heterocycles. The van der Waals surface area contributed by atoms with Crippen LogP contribution in [0.1, 0.15) is 12.5 Å². The van der Waals surface area contributed by atoms with Gasteiger partial charge in [0, 0.05) is 10.9 Å². The molecule has 0 aromatic heterocycles. The maximum atomic E-state index is 11.3. The molecule has 0 fully saturated rings. The molecule has 0 heterocycles. The van der Waals surface area contributed by atoms with Crippen LogP contribution >= 0.6 is 15.9 Å². The fourth-order valence-corrected chi connectivity index (χ4v) is 1.46. The Morgan fingerprint density at radius 2 is 2.31 bits per heavy atom. The lowest BCUT2D eigenvalue weighted by molar-refractivity contribution is -0.119. The maximum Gasteiger partial charge on any atom is 0.153 e. The maximum absolute atomic E-state index is 11.3. The highest BCUT2D eigenvalue weighted by Crippen LogP contribution is 2.12. The summed E-state index contributed by atoms with van der Waals surface area (Å²) in [7, 11) is 0. The van der Waals surface area contributed by atoms with Crippen LogP contribution in [0.4, 0.5) is 0 Å². The topological polar surface area (TPSA) is 43.1 Å². The number of benzene rings is 1. The molecule has 0 bridgehead atoms. The van der Waals surface area contributed by atoms with Gasteiger partial charge in [0.1, 0.15) is 0 Å². The Bertz CT molecular complexity index is 310. The lowest BCUT2D eigenvalue weighted by atomic mass is 10.1. The minimum atomic E-state index is -0.376. The molecule has 2 nitrogen and oxygen atoms in total. The van der Waals surface area contributed by atoms with Crippen LogP contribution in [0.5, 0.6) is 0 Å². The quantitative estimate of drug-likeness (QED) is 0.879. The van der Waals surface area contributed by atoms with Gasteiger partial charge >= 0.3 is 0 Å². The van der Waals surface area contributed by atoms with Crippen LogP contribution in [0.15, 0.2) is 28.7 Å². The Morgan fingerprint density at radius 1 is 1.62 bits per heavy atom. The molecule has 0 amide bonds. The number of nitrogens with two attached hydrogens (primary N) is 1. The van der Waals surface area contributed by atoms with Gasteiger partial charge in [0.25, 0.3) is 0 Å². The van der Waals surface area contributed by atoms with Crippen molar-refractivity contribution >= 4 is 21.7 Å². The molecule has 1 aromatic carbocycles. The highest BCUT2D eigenvalue weighted by atomic mass is 79.9. The van der Waals surface area contributed by atoms with Gasteiger partial charge in [-0.15, -0.1) is 0 Å². The van der Waals surface area contributed by atoms with E-state index in [0.29, 0.717) is 6.42 Å². The second-order valence-electron chi connectivity index (χ2n) is 3.06. The number of ketones is 1. The Morgan fingerprint density at radius 3 is 2.85 bits per heavy atom. The first kappa shape index (κ1) is 10.4. The van der Waals surface area contributed by atoms with Crippen LogP contribution in [-0.4, -0.2) is 11.8 Å². The van der Waals surface area contributed by atoms with Gasteiger partial charge in [0.2, 0.25) is 0 Å². The summed E-state index contributed by atoms with van der Waals surface area (Å²) >= 11 is 3.35. The van der Waals surface area contributed by atoms with Gasteiger partial charge in [0.15, 0.2) is 5.78 Å². The minimum absolute atomic E-state index is 0.0677. The molecule has 1 aromatic rings. The van der Waals surface area contributed by atoms with E-state index >= 15 is 0 Å². The first-order valence-corrected chi connectivity index (χ1v) is 4.91. The summed E-state index contributed by atoms with van der Waals surface area (Å²) in [6, 6.07) is 7.32. The van der Waals surface area contributed by atoms with Crippen LogP contribution < -0.4 is 5.73 Å². The molecule has 0 aliphatic carbocycles. The number of halogens is 1. The molecule has 0 aliphatic rings. The summed E-state index contributed by atoms with van der Waals surface area (Å²) in [6.07, 6.45) is 0.414. The zero-order valence-corrected chi connectivity index (χ0v) is 9.04. The number of hydrogen-bond acceptors (Lipinski definition) is 2. The molecule has 1 atom stereocenters. The van der Waals surface area contributed by atoms with Crippen LogP contribution in [0.3, 0.4) is 0 Å². The second-order valence-corrected chi connectivity index (χ2v) is 3.98. The van der Waals surface area contributed by atoms with Crippen LogP contribution in [-0.2, 0) is 11.2 Å². The smallest absolute Gasteiger partial charge is 0.153 e. The average Bonchev–Trinajstić information content (AvgIpc) is 2.04. The first-order chi connectivity index (χ1) is 6.09. The summed E-state index contributed by atoms with van der Waals surface area (Å²) in [5.41, 5.74) is 6.46. The molecule has 0 saturated carbocycles. The minimum Gasteiger partial charge on any atom is -0.322 e. The Kier molecular flexibility index (Phi) is 3.63. The lowest BCUT2D eigenvalue weighted by Crippen LogP contribution is -2.28. The SMILES string of the molecule is CC(N)C(=O)Cc1cccc(Br)c1. The van der Waals surface area contributed by atoms with Crippen molar-refractivity contribution in [2.24, 2.45) is 5.73 Å². The summed E-state index contributed by atoms with van der Waals surface area (Å²) in [4.78, 5) is 11.3. The molecule has 13 heavy (non-hydrogen) atoms. The van der Waals surface area contributed by atoms with Crippen LogP contribution in [0.2, 0.25) is 0 Å². The summed E-state index contributed by atoms with van der Waals surface area (Å²) in [6.45, 7) is 1.71. The Labute approximate surface area is 86.3 Å². The standard InChI is InChI=1S/C10H12BrNO/c1-7(12)10(13)6-8-3-2-4-9(11)5-8/h2-5,7H,6,12H2,1H3. The molecule has 1 unspecified atom stereocenters. The van der Waals surface area contributed by atoms with Crippen molar-refractivity contribution in [3.05, 3.63) is 34.3 Å². The highest BCUT2D eigenvalue weighted by molar-refractivity contribution is 9.10. The van der Waals surface area contributed by atoms with Crippen LogP contribution in [0, 0.1) is 0 Å². The van der Waals surface area contributed by atoms with Crippen molar-refractivity contribution in [2.45, 2.75) is 19.4 Å². The van der Waals surface area contributed by atoms with Gasteiger partial charge in [-0.2, -0.15) is 0 Å². The first-order valence-electron chi connectivity index (χ1n) is 4.12. The van der Waals surface area contributed by atoms with Crippen molar-refractivity contribution in [3.63, 3.8) is 0 Å². The largest absolute Gasteiger partial charge is 0.322 e. The third-order valence-electron chi connectivity index (χ3n) is 1.78. The van der Waals surface area contributed by atoms with Gasteiger partial charge < -0.3 is 5.73 Å². The van der Waals surface area contributed by atoms with Crippen LogP contribution in [0.25, 0.3) is 0 Å². The van der Waals surface area contributed by atoms with Crippen molar-refractivity contribution in [2.75, 3.05) is 0 Å². The van der Waals surface area contributed by atoms with Crippen molar-refractivity contribution in [1.29, 1.82) is 0 Å². The van der Waals surface area contributed by atoms with E-state index in [1.807, 2.05) is 24.3 Å². The molecule has 0 radical (unpaired) electrons.